The smallest absolute Gasteiger partial charge is 0.427 e. The normalized spacial score (nSPS) is 29.4. The van der Waals surface area contributed by atoms with E-state index in [1.54, 1.807) is 31.2 Å². The highest BCUT2D eigenvalue weighted by molar-refractivity contribution is 7.91. The Morgan fingerprint density at radius 3 is 2.48 bits per heavy atom. The summed E-state index contributed by atoms with van der Waals surface area (Å²) < 4.78 is 85.5. The molecular formula is C40H52F3N5O9S. The van der Waals surface area contributed by atoms with Crippen molar-refractivity contribution in [3.8, 4) is 11.8 Å². The molecule has 2 saturated carbocycles. The number of alkyl halides is 3. The molecule has 2 aliphatic heterocycles. The summed E-state index contributed by atoms with van der Waals surface area (Å²) in [6, 6.07) is 6.19. The van der Waals surface area contributed by atoms with Crippen molar-refractivity contribution in [1.82, 2.24) is 25.2 Å². The molecule has 0 spiro atoms. The van der Waals surface area contributed by atoms with Crippen molar-refractivity contribution in [1.29, 1.82) is 0 Å². The van der Waals surface area contributed by atoms with Crippen molar-refractivity contribution >= 4 is 44.6 Å². The average molecular weight is 836 g/mol. The highest BCUT2D eigenvalue weighted by Crippen LogP contribution is 2.48. The van der Waals surface area contributed by atoms with Gasteiger partial charge in [-0.05, 0) is 82.6 Å². The van der Waals surface area contributed by atoms with Crippen LogP contribution in [-0.2, 0) is 29.1 Å². The fourth-order valence-electron chi connectivity index (χ4n) is 7.76. The summed E-state index contributed by atoms with van der Waals surface area (Å²) >= 11 is 0. The van der Waals surface area contributed by atoms with Crippen LogP contribution in [0.2, 0.25) is 0 Å². The van der Waals surface area contributed by atoms with Crippen LogP contribution in [0.4, 0.5) is 18.0 Å². The molecule has 1 aromatic heterocycles. The van der Waals surface area contributed by atoms with Crippen LogP contribution in [0, 0.1) is 17.8 Å². The first-order valence-electron chi connectivity index (χ1n) is 19.7. The van der Waals surface area contributed by atoms with Crippen LogP contribution in [0.15, 0.2) is 42.5 Å². The van der Waals surface area contributed by atoms with Gasteiger partial charge in [0.25, 0.3) is 5.91 Å². The van der Waals surface area contributed by atoms with E-state index in [1.807, 2.05) is 25.1 Å². The van der Waals surface area contributed by atoms with E-state index in [0.29, 0.717) is 57.8 Å². The van der Waals surface area contributed by atoms with Crippen LogP contribution in [0.5, 0.6) is 11.8 Å². The van der Waals surface area contributed by atoms with Gasteiger partial charge in [0.05, 0.1) is 18.4 Å². The lowest BCUT2D eigenvalue weighted by Gasteiger charge is -2.35. The maximum atomic E-state index is 14.9. The molecule has 0 radical (unpaired) electrons. The zero-order valence-electron chi connectivity index (χ0n) is 33.5. The van der Waals surface area contributed by atoms with Gasteiger partial charge in [-0.15, -0.1) is 0 Å². The van der Waals surface area contributed by atoms with Gasteiger partial charge in [-0.3, -0.25) is 19.1 Å². The van der Waals surface area contributed by atoms with Crippen molar-refractivity contribution in [2.45, 2.75) is 126 Å². The van der Waals surface area contributed by atoms with Gasteiger partial charge in [0.2, 0.25) is 39.2 Å². The second-order valence-corrected chi connectivity index (χ2v) is 19.1. The minimum atomic E-state index is -4.91. The molecule has 318 valence electrons. The standard InChI is InChI=1S/C40H52F3N5O9S/c1-7-24-18-23(2)12-8-10-14-26-21-39(26,35(51)47-58(53,54)38(5)16-17-38)46-32(49)29-20-27(56-33-28-15-11-9-13-25(28)19-30(44-33)55-6)22-48(29)34(50)31(24)45-36(52)57-37(3,4)40(41,42)43/h9-11,13-15,19,23-24,26-27,29,31H,7-8,12,16-18,20-22H2,1-6H3,(H,45,52)(H,46,49)(H,47,51)/b14-10-/t23-,24+,26+,27+,29-,31-,39+/m0/s1. The molecule has 4 aliphatic rings. The molecule has 1 saturated heterocycles. The van der Waals surface area contributed by atoms with Crippen molar-refractivity contribution < 1.29 is 55.0 Å². The first kappa shape index (κ1) is 43.0. The summed E-state index contributed by atoms with van der Waals surface area (Å²) in [4.78, 5) is 62.3. The Labute approximate surface area is 336 Å². The van der Waals surface area contributed by atoms with E-state index >= 15 is 0 Å². The number of pyridine rings is 1. The van der Waals surface area contributed by atoms with E-state index in [2.05, 4.69) is 20.3 Å². The largest absolute Gasteiger partial charge is 0.481 e. The zero-order chi connectivity index (χ0) is 42.4. The van der Waals surface area contributed by atoms with Crippen LogP contribution in [0.3, 0.4) is 0 Å². The van der Waals surface area contributed by atoms with E-state index < -0.39 is 85.9 Å². The number of nitrogens with one attached hydrogen (secondary N) is 3. The van der Waals surface area contributed by atoms with Crippen LogP contribution in [0.1, 0.15) is 86.0 Å². The first-order valence-corrected chi connectivity index (χ1v) is 21.1. The summed E-state index contributed by atoms with van der Waals surface area (Å²) in [5.74, 6) is -3.20. The van der Waals surface area contributed by atoms with Crippen molar-refractivity contribution in [3.63, 3.8) is 0 Å². The van der Waals surface area contributed by atoms with Gasteiger partial charge < -0.3 is 29.7 Å². The number of hydrogen-bond donors (Lipinski definition) is 3. The molecule has 18 heteroatoms. The zero-order valence-corrected chi connectivity index (χ0v) is 34.3. The third kappa shape index (κ3) is 8.71. The highest BCUT2D eigenvalue weighted by atomic mass is 32.2. The number of carbonyl (C=O) groups excluding carboxylic acids is 4. The van der Waals surface area contributed by atoms with Crippen molar-refractivity contribution in [3.05, 3.63) is 42.5 Å². The Morgan fingerprint density at radius 1 is 1.12 bits per heavy atom. The Balaban J connectivity index is 1.38. The van der Waals surface area contributed by atoms with Crippen LogP contribution < -0.4 is 24.8 Å². The number of halogens is 3. The Kier molecular flexibility index (Phi) is 11.8. The molecule has 58 heavy (non-hydrogen) atoms. The molecule has 0 bridgehead atoms. The minimum absolute atomic E-state index is 0.0335. The van der Waals surface area contributed by atoms with Gasteiger partial charge in [-0.25, -0.2) is 13.2 Å². The van der Waals surface area contributed by atoms with Crippen molar-refractivity contribution in [2.24, 2.45) is 17.8 Å². The predicted octanol–water partition coefficient (Wildman–Crippen LogP) is 5.30. The fourth-order valence-corrected chi connectivity index (χ4v) is 9.07. The number of hydrogen-bond acceptors (Lipinski definition) is 10. The number of ether oxygens (including phenoxy) is 3. The lowest BCUT2D eigenvalue weighted by Crippen LogP contribution is -2.60. The number of nitrogens with zero attached hydrogens (tertiary/aromatic N) is 2. The molecule has 2 aliphatic carbocycles. The number of carbonyl (C=O) groups is 4. The summed E-state index contributed by atoms with van der Waals surface area (Å²) in [6.45, 7) is 6.47. The number of alkyl carbamates (subject to hydrolysis) is 1. The molecule has 3 N–H and O–H groups in total. The first-order chi connectivity index (χ1) is 27.1. The lowest BCUT2D eigenvalue weighted by molar-refractivity contribution is -0.244. The van der Waals surface area contributed by atoms with Gasteiger partial charge in [-0.2, -0.15) is 18.2 Å². The van der Waals surface area contributed by atoms with Gasteiger partial charge >= 0.3 is 12.3 Å². The van der Waals surface area contributed by atoms with Gasteiger partial charge in [0, 0.05) is 23.8 Å². The number of amides is 4. The Bertz CT molecular complexity index is 2070. The number of benzene rings is 1. The number of allylic oxidation sites excluding steroid dienone is 1. The second kappa shape index (κ2) is 15.9. The summed E-state index contributed by atoms with van der Waals surface area (Å²) in [7, 11) is -2.64. The lowest BCUT2D eigenvalue weighted by atomic mass is 9.85. The quantitative estimate of drug-likeness (QED) is 0.281. The topological polar surface area (TPSA) is 182 Å². The molecule has 7 atom stereocenters. The van der Waals surface area contributed by atoms with E-state index in [-0.39, 0.29) is 37.1 Å². The average Bonchev–Trinajstić information content (AvgIpc) is 4.03. The SMILES string of the molecule is CC[C@@H]1C[C@@H](C)CC/C=C\[C@@H]2C[C@@]2(C(=O)NS(=O)(=O)C2(C)CC2)NC(=O)[C@@H]2C[C@@H](Oc3nc(OC)cc4ccccc34)CN2C(=O)[C@H]1NC(=O)OC(C)(C)C(F)(F)F. The monoisotopic (exact) mass is 835 g/mol. The van der Waals surface area contributed by atoms with Crippen LogP contribution in [-0.4, -0.2) is 96.0 Å². The fraction of sp³-hybridized carbons (Fsp3) is 0.625. The van der Waals surface area contributed by atoms with E-state index in [4.69, 9.17) is 14.2 Å². The summed E-state index contributed by atoms with van der Waals surface area (Å²) in [5, 5.41) is 6.60. The molecule has 2 aromatic rings. The van der Waals surface area contributed by atoms with Crippen molar-refractivity contribution in [2.75, 3.05) is 13.7 Å². The molecule has 3 heterocycles. The van der Waals surface area contributed by atoms with E-state index in [1.165, 1.54) is 18.9 Å². The van der Waals surface area contributed by atoms with E-state index in [9.17, 15) is 40.8 Å². The predicted molar refractivity (Wildman–Crippen MR) is 206 cm³/mol. The molecular weight excluding hydrogens is 784 g/mol. The summed E-state index contributed by atoms with van der Waals surface area (Å²) in [5.41, 5.74) is -4.53. The number of fused-ring (bicyclic) bond motifs is 3. The van der Waals surface area contributed by atoms with Gasteiger partial charge in [0.15, 0.2) is 0 Å². The number of rotatable bonds is 9. The van der Waals surface area contributed by atoms with Crippen LogP contribution >= 0.6 is 0 Å². The van der Waals surface area contributed by atoms with Gasteiger partial charge in [0.1, 0.15) is 23.7 Å². The maximum Gasteiger partial charge on any atom is 0.427 e. The number of methoxy groups -OCH3 is 1. The highest BCUT2D eigenvalue weighted by Gasteiger charge is 2.63. The Morgan fingerprint density at radius 2 is 1.83 bits per heavy atom. The molecule has 6 rings (SSSR count). The van der Waals surface area contributed by atoms with Crippen LogP contribution in [0.25, 0.3) is 10.8 Å². The third-order valence-electron chi connectivity index (χ3n) is 12.1. The molecule has 3 fully saturated rings. The number of sulfonamides is 1. The molecule has 0 unspecified atom stereocenters. The molecule has 14 nitrogen and oxygen atoms in total. The molecule has 1 aromatic carbocycles. The molecule has 4 amide bonds. The summed E-state index contributed by atoms with van der Waals surface area (Å²) in [6.07, 6.45) is -0.967. The maximum absolute atomic E-state index is 14.9. The van der Waals surface area contributed by atoms with E-state index in [0.717, 1.165) is 5.39 Å². The second-order valence-electron chi connectivity index (χ2n) is 16.9. The third-order valence-corrected chi connectivity index (χ3v) is 14.2. The Hall–Kier alpha value is -4.61. The minimum Gasteiger partial charge on any atom is -0.481 e. The number of aromatic nitrogens is 1. The van der Waals surface area contributed by atoms with Gasteiger partial charge in [-0.1, -0.05) is 50.6 Å².